The average Bonchev–Trinajstić information content (AvgIpc) is 3.58. The van der Waals surface area contributed by atoms with Crippen molar-refractivity contribution in [3.63, 3.8) is 0 Å². The first kappa shape index (κ1) is 32.8. The lowest BCUT2D eigenvalue weighted by Gasteiger charge is -2.33. The monoisotopic (exact) mass is 656 g/mol. The minimum Gasteiger partial charge on any atom is -0.494 e. The molecule has 6 rings (SSSR count). The van der Waals surface area contributed by atoms with Crippen molar-refractivity contribution >= 4 is 35.7 Å². The first-order valence-electron chi connectivity index (χ1n) is 15.9. The van der Waals surface area contributed by atoms with Crippen LogP contribution in [0.15, 0.2) is 72.8 Å². The van der Waals surface area contributed by atoms with Crippen LogP contribution in [-0.2, 0) is 33.5 Å². The van der Waals surface area contributed by atoms with Crippen molar-refractivity contribution in [1.29, 1.82) is 0 Å². The fraction of sp³-hybridized carbons (Fsp3) is 0.324. The summed E-state index contributed by atoms with van der Waals surface area (Å²) in [6.45, 7) is 0.842. The highest BCUT2D eigenvalue weighted by molar-refractivity contribution is 6.06. The zero-order valence-corrected chi connectivity index (χ0v) is 25.9. The van der Waals surface area contributed by atoms with Gasteiger partial charge in [0.05, 0.1) is 37.4 Å². The Labute approximate surface area is 275 Å². The number of hydrogen-bond acceptors (Lipinski definition) is 10. The van der Waals surface area contributed by atoms with Gasteiger partial charge < -0.3 is 19.1 Å². The highest BCUT2D eigenvalue weighted by Gasteiger charge is 2.53. The van der Waals surface area contributed by atoms with Crippen LogP contribution < -0.4 is 9.62 Å². The van der Waals surface area contributed by atoms with E-state index in [4.69, 9.17) is 24.0 Å². The molecule has 4 atom stereocenters. The van der Waals surface area contributed by atoms with E-state index in [1.165, 1.54) is 30.3 Å². The van der Waals surface area contributed by atoms with Crippen LogP contribution in [0.25, 0.3) is 6.08 Å². The molecule has 0 amide bonds. The maximum atomic E-state index is 13.0. The van der Waals surface area contributed by atoms with Gasteiger partial charge in [-0.2, -0.15) is 4.89 Å². The zero-order valence-electron chi connectivity index (χ0n) is 25.9. The summed E-state index contributed by atoms with van der Waals surface area (Å²) in [5, 5.41) is 0. The van der Waals surface area contributed by atoms with Gasteiger partial charge in [0.1, 0.15) is 11.6 Å². The van der Waals surface area contributed by atoms with Crippen LogP contribution in [-0.4, -0.2) is 42.9 Å². The Morgan fingerprint density at radius 2 is 1.46 bits per heavy atom. The lowest BCUT2D eigenvalue weighted by molar-refractivity contribution is -0.207. The van der Waals surface area contributed by atoms with E-state index in [1.54, 1.807) is 48.5 Å². The molecular weight excluding hydrogens is 623 g/mol. The highest BCUT2D eigenvalue weighted by Crippen LogP contribution is 2.51. The molecule has 2 saturated heterocycles. The number of esters is 4. The first-order valence-corrected chi connectivity index (χ1v) is 15.9. The molecule has 4 unspecified atom stereocenters. The van der Waals surface area contributed by atoms with Crippen LogP contribution >= 0.6 is 0 Å². The van der Waals surface area contributed by atoms with Gasteiger partial charge in [0.2, 0.25) is 0 Å². The van der Waals surface area contributed by atoms with Gasteiger partial charge in [0.25, 0.3) is 0 Å². The van der Waals surface area contributed by atoms with E-state index >= 15 is 0 Å². The second-order valence-electron chi connectivity index (χ2n) is 12.0. The lowest BCUT2D eigenvalue weighted by atomic mass is 9.67. The van der Waals surface area contributed by atoms with Gasteiger partial charge in [-0.15, -0.1) is 0 Å². The highest BCUT2D eigenvalue weighted by atomic mass is 19.1. The summed E-state index contributed by atoms with van der Waals surface area (Å²) >= 11 is 0. The number of fused-ring (bicyclic) bond motifs is 3. The Morgan fingerprint density at radius 3 is 2.19 bits per heavy atom. The summed E-state index contributed by atoms with van der Waals surface area (Å²) in [6, 6.07) is 17.7. The van der Waals surface area contributed by atoms with Crippen molar-refractivity contribution in [3.05, 3.63) is 101 Å². The summed E-state index contributed by atoms with van der Waals surface area (Å²) in [7, 11) is 0. The molecule has 1 aliphatic carbocycles. The largest absolute Gasteiger partial charge is 0.494 e. The molecule has 0 aromatic heterocycles. The summed E-state index contributed by atoms with van der Waals surface area (Å²) < 4.78 is 28.7. The number of carbonyl (C=O) groups excluding carboxylic acids is 5. The predicted molar refractivity (Wildman–Crippen MR) is 167 cm³/mol. The van der Waals surface area contributed by atoms with E-state index in [2.05, 4.69) is 0 Å². The normalized spacial score (nSPS) is 21.5. The maximum absolute atomic E-state index is 13.0. The Kier molecular flexibility index (Phi) is 10.1. The molecule has 0 bridgehead atoms. The van der Waals surface area contributed by atoms with Gasteiger partial charge in [-0.1, -0.05) is 30.7 Å². The van der Waals surface area contributed by atoms with E-state index in [0.717, 1.165) is 36.8 Å². The molecule has 3 aliphatic rings. The van der Waals surface area contributed by atoms with E-state index in [-0.39, 0.29) is 18.6 Å². The predicted octanol–water partition coefficient (Wildman–Crippen LogP) is 6.03. The number of hydrogen-bond donors (Lipinski definition) is 0. The summed E-state index contributed by atoms with van der Waals surface area (Å²) in [5.74, 6) is -4.58. The van der Waals surface area contributed by atoms with Crippen LogP contribution in [0, 0.1) is 17.7 Å². The smallest absolute Gasteiger partial charge is 0.321 e. The summed E-state index contributed by atoms with van der Waals surface area (Å²) in [5.41, 5.74) is 2.53. The third-order valence-corrected chi connectivity index (χ3v) is 8.83. The van der Waals surface area contributed by atoms with Crippen molar-refractivity contribution in [2.45, 2.75) is 50.4 Å². The zero-order chi connectivity index (χ0) is 33.6. The van der Waals surface area contributed by atoms with Crippen molar-refractivity contribution in [2.75, 3.05) is 13.2 Å². The number of ketones is 1. The molecule has 10 nitrogen and oxygen atoms in total. The molecule has 0 spiro atoms. The molecule has 48 heavy (non-hydrogen) atoms. The lowest BCUT2D eigenvalue weighted by Crippen LogP contribution is -2.31. The van der Waals surface area contributed by atoms with Gasteiger partial charge in [0, 0.05) is 5.56 Å². The van der Waals surface area contributed by atoms with Crippen LogP contribution in [0.4, 0.5) is 4.39 Å². The third-order valence-electron chi connectivity index (χ3n) is 8.83. The standard InChI is InChI=1S/C37H33FO10/c38-24-10-8-23(9-11-24)32(39)16-7-22-5-12-25(13-6-22)48-45-18-4-2-1-3-17-44-26-14-15-27-28(30-21-33(40)46-35(30)41)20-31-34(29(27)19-26)37(43)47-36(31)42/h5-16,19,28,30-31,34H,1-4,17-18,20-21H2/b16-7+. The Morgan fingerprint density at radius 1 is 0.750 bits per heavy atom. The van der Waals surface area contributed by atoms with Crippen molar-refractivity contribution in [1.82, 2.24) is 0 Å². The second-order valence-corrected chi connectivity index (χ2v) is 12.0. The van der Waals surface area contributed by atoms with Gasteiger partial charge in [-0.25, -0.2) is 4.39 Å². The number of cyclic esters (lactones) is 4. The Hall–Kier alpha value is -5.16. The third kappa shape index (κ3) is 7.52. The minimum absolute atomic E-state index is 0.0598. The van der Waals surface area contributed by atoms with Crippen LogP contribution in [0.1, 0.15) is 77.4 Å². The molecule has 248 valence electrons. The maximum Gasteiger partial charge on any atom is 0.321 e. The SMILES string of the molecule is O=C1CC(C2CC3C(=O)OC(=O)C3c3cc(OCCCCCCOOc4ccc(/C=C/C(=O)c5ccc(F)cc5)cc4)ccc32)C(=O)O1. The number of carbonyl (C=O) groups is 5. The number of allylic oxidation sites excluding steroid dienone is 1. The number of unbranched alkanes of at least 4 members (excludes halogenated alkanes) is 3. The molecule has 0 N–H and O–H groups in total. The van der Waals surface area contributed by atoms with E-state index in [0.29, 0.717) is 35.8 Å². The summed E-state index contributed by atoms with van der Waals surface area (Å²) in [6.07, 6.45) is 6.60. The van der Waals surface area contributed by atoms with Gasteiger partial charge >= 0.3 is 23.9 Å². The molecule has 3 aromatic carbocycles. The molecule has 2 aliphatic heterocycles. The molecule has 3 aromatic rings. The second kappa shape index (κ2) is 14.7. The van der Waals surface area contributed by atoms with E-state index < -0.39 is 53.4 Å². The topological polar surface area (TPSA) is 132 Å². The van der Waals surface area contributed by atoms with Crippen molar-refractivity contribution < 1.29 is 52.3 Å². The van der Waals surface area contributed by atoms with Crippen LogP contribution in [0.3, 0.4) is 0 Å². The van der Waals surface area contributed by atoms with Crippen LogP contribution in [0.2, 0.25) is 0 Å². The fourth-order valence-corrected chi connectivity index (χ4v) is 6.38. The molecule has 0 saturated carbocycles. The first-order chi connectivity index (χ1) is 23.3. The number of rotatable bonds is 14. The Balaban J connectivity index is 0.906. The quantitative estimate of drug-likeness (QED) is 0.0385. The Bertz CT molecular complexity index is 1730. The van der Waals surface area contributed by atoms with Crippen molar-refractivity contribution in [2.24, 2.45) is 11.8 Å². The van der Waals surface area contributed by atoms with Gasteiger partial charge in [0.15, 0.2) is 11.5 Å². The van der Waals surface area contributed by atoms with Gasteiger partial charge in [-0.3, -0.25) is 24.0 Å². The molecule has 11 heteroatoms. The summed E-state index contributed by atoms with van der Waals surface area (Å²) in [4.78, 5) is 72.0. The van der Waals surface area contributed by atoms with E-state index in [9.17, 15) is 28.4 Å². The van der Waals surface area contributed by atoms with E-state index in [1.807, 2.05) is 0 Å². The van der Waals surface area contributed by atoms with Crippen molar-refractivity contribution in [3.8, 4) is 11.5 Å². The van der Waals surface area contributed by atoms with Gasteiger partial charge in [-0.05, 0) is 103 Å². The number of ether oxygens (including phenoxy) is 3. The number of benzene rings is 3. The molecule has 2 fully saturated rings. The molecular formula is C37H33FO10. The fourth-order valence-electron chi connectivity index (χ4n) is 6.38. The molecule has 0 radical (unpaired) electrons. The molecule has 2 heterocycles. The average molecular weight is 657 g/mol. The number of halogens is 1. The minimum atomic E-state index is -0.762. The van der Waals surface area contributed by atoms with Crippen LogP contribution in [0.5, 0.6) is 11.5 Å².